The van der Waals surface area contributed by atoms with Gasteiger partial charge in [0.2, 0.25) is 0 Å². The zero-order valence-corrected chi connectivity index (χ0v) is 14.9. The Morgan fingerprint density at radius 3 is 1.52 bits per heavy atom. The Morgan fingerprint density at radius 2 is 1.10 bits per heavy atom. The first-order valence-corrected chi connectivity index (χ1v) is 7.82. The van der Waals surface area contributed by atoms with Gasteiger partial charge in [0, 0.05) is 10.9 Å². The summed E-state index contributed by atoms with van der Waals surface area (Å²) >= 11 is 2.69. The van der Waals surface area contributed by atoms with Crippen LogP contribution in [0, 0.1) is 0 Å². The molecule has 0 radical (unpaired) electrons. The maximum Gasteiger partial charge on any atom is 0.460 e. The van der Waals surface area contributed by atoms with Crippen molar-refractivity contribution in [3.8, 4) is 0 Å². The number of benzene rings is 1. The van der Waals surface area contributed by atoms with Crippen molar-refractivity contribution in [1.82, 2.24) is 0 Å². The Labute approximate surface area is 161 Å². The summed E-state index contributed by atoms with van der Waals surface area (Å²) in [5, 5.41) is 9.55. The van der Waals surface area contributed by atoms with Gasteiger partial charge < -0.3 is 5.11 Å². The number of aliphatic hydroxyl groups is 1. The largest absolute Gasteiger partial charge is 0.460 e. The number of hydrogen-bond acceptors (Lipinski definition) is 1. The summed E-state index contributed by atoms with van der Waals surface area (Å²) in [4.78, 5) is 0. The monoisotopic (exact) mass is 518 g/mol. The normalized spacial score (nSPS) is 16.1. The van der Waals surface area contributed by atoms with Gasteiger partial charge in [-0.05, 0) is 11.6 Å². The van der Waals surface area contributed by atoms with Crippen LogP contribution in [0.2, 0.25) is 0 Å². The Kier molecular flexibility index (Phi) is 6.64. The summed E-state index contributed by atoms with van der Waals surface area (Å²) in [5.74, 6) is -37.3. The lowest BCUT2D eigenvalue weighted by molar-refractivity contribution is -0.440. The van der Waals surface area contributed by atoms with Gasteiger partial charge in [0.15, 0.2) is 0 Å². The molecule has 0 aliphatic heterocycles. The van der Waals surface area contributed by atoms with Crippen LogP contribution in [0.4, 0.5) is 57.1 Å². The van der Waals surface area contributed by atoms with Gasteiger partial charge in [-0.1, -0.05) is 34.1 Å². The highest BCUT2D eigenvalue weighted by atomic mass is 79.9. The van der Waals surface area contributed by atoms with E-state index < -0.39 is 53.9 Å². The van der Waals surface area contributed by atoms with Crippen molar-refractivity contribution in [2.24, 2.45) is 0 Å². The summed E-state index contributed by atoms with van der Waals surface area (Å²) in [6.07, 6.45) is -12.9. The van der Waals surface area contributed by atoms with Gasteiger partial charge in [-0.25, -0.2) is 0 Å². The summed E-state index contributed by atoms with van der Waals surface area (Å²) in [5.41, 5.74) is -0.598. The van der Waals surface area contributed by atoms with Crippen molar-refractivity contribution >= 4 is 15.9 Å². The van der Waals surface area contributed by atoms with Crippen molar-refractivity contribution < 1.29 is 62.2 Å². The lowest BCUT2D eigenvalue weighted by Gasteiger charge is -2.40. The smallest absolute Gasteiger partial charge is 0.388 e. The van der Waals surface area contributed by atoms with Crippen molar-refractivity contribution in [2.45, 2.75) is 48.3 Å². The summed E-state index contributed by atoms with van der Waals surface area (Å²) < 4.78 is 169. The van der Waals surface area contributed by atoms with Gasteiger partial charge in [-0.15, -0.1) is 0 Å². The second-order valence-corrected chi connectivity index (χ2v) is 6.60. The molecule has 0 aliphatic rings. The minimum Gasteiger partial charge on any atom is -0.388 e. The highest BCUT2D eigenvalue weighted by Crippen LogP contribution is 2.61. The number of hydrogen-bond donors (Lipinski definition) is 1. The molecule has 0 saturated heterocycles. The third kappa shape index (κ3) is 4.03. The first kappa shape index (κ1) is 25.8. The molecule has 0 saturated carbocycles. The average Bonchev–Trinajstić information content (AvgIpc) is 2.52. The van der Waals surface area contributed by atoms with E-state index >= 15 is 0 Å². The predicted molar refractivity (Wildman–Crippen MR) is 74.5 cm³/mol. The van der Waals surface area contributed by atoms with Gasteiger partial charge in [0.1, 0.15) is 0 Å². The van der Waals surface area contributed by atoms with E-state index in [1.807, 2.05) is 0 Å². The molecule has 0 heterocycles. The molecule has 1 unspecified atom stereocenters. The van der Waals surface area contributed by atoms with Crippen LogP contribution in [0.3, 0.4) is 0 Å². The topological polar surface area (TPSA) is 20.2 Å². The minimum absolute atomic E-state index is 0.202. The van der Waals surface area contributed by atoms with Crippen molar-refractivity contribution in [1.29, 1.82) is 0 Å². The maximum absolute atomic E-state index is 13.7. The van der Waals surface area contributed by atoms with E-state index in [4.69, 9.17) is 0 Å². The Balaban J connectivity index is 3.37. The van der Waals surface area contributed by atoms with Crippen LogP contribution >= 0.6 is 15.9 Å². The van der Waals surface area contributed by atoms with Crippen LogP contribution in [0.15, 0.2) is 28.7 Å². The van der Waals surface area contributed by atoms with Crippen LogP contribution in [0.25, 0.3) is 0 Å². The van der Waals surface area contributed by atoms with E-state index in [0.29, 0.717) is 0 Å². The molecular formula is C14H8BrF13O. The molecule has 1 nitrogen and oxygen atoms in total. The molecule has 0 fully saturated rings. The molecule has 29 heavy (non-hydrogen) atoms. The molecule has 0 aromatic heterocycles. The maximum atomic E-state index is 13.7. The third-order valence-corrected chi connectivity index (χ3v) is 4.43. The van der Waals surface area contributed by atoms with Crippen LogP contribution < -0.4 is 0 Å². The fraction of sp³-hybridized carbons (Fsp3) is 0.571. The summed E-state index contributed by atoms with van der Waals surface area (Å²) in [6, 6.07) is 4.25. The van der Waals surface area contributed by atoms with Crippen LogP contribution in [0.5, 0.6) is 0 Å². The Bertz CT molecular complexity index is 728. The van der Waals surface area contributed by atoms with Crippen molar-refractivity contribution in [3.63, 3.8) is 0 Å². The second kappa shape index (κ2) is 7.46. The van der Waals surface area contributed by atoms with Gasteiger partial charge in [0.05, 0.1) is 6.10 Å². The van der Waals surface area contributed by atoms with Crippen LogP contribution in [0.1, 0.15) is 18.1 Å². The molecule has 0 amide bonds. The molecule has 1 aromatic carbocycles. The second-order valence-electron chi connectivity index (χ2n) is 5.74. The van der Waals surface area contributed by atoms with E-state index in [9.17, 15) is 62.2 Å². The quantitative estimate of drug-likeness (QED) is 0.403. The zero-order chi connectivity index (χ0) is 23.3. The summed E-state index contributed by atoms with van der Waals surface area (Å²) in [6.45, 7) is 0. The number of aliphatic hydroxyl groups excluding tert-OH is 1. The standard InChI is InChI=1S/C14H8BrF13O/c15-7-4-2-1-3-6(7)8(29)5-9(16,17)10(18,19)11(20,21)12(22,23)13(24,25)14(26,27)28/h1-4,8,29H,5H2. The molecule has 1 N–H and O–H groups in total. The van der Waals surface area contributed by atoms with Gasteiger partial charge in [-0.2, -0.15) is 57.1 Å². The van der Waals surface area contributed by atoms with Gasteiger partial charge in [0.25, 0.3) is 0 Å². The van der Waals surface area contributed by atoms with E-state index in [1.54, 1.807) is 0 Å². The van der Waals surface area contributed by atoms with Crippen molar-refractivity contribution in [3.05, 3.63) is 34.3 Å². The van der Waals surface area contributed by atoms with E-state index in [1.165, 1.54) is 6.07 Å². The number of halogens is 14. The highest BCUT2D eigenvalue weighted by molar-refractivity contribution is 9.10. The number of rotatable bonds is 7. The molecule has 1 aromatic rings. The Hall–Kier alpha value is -1.25. The molecule has 15 heteroatoms. The molecule has 0 spiro atoms. The minimum atomic E-state index is -7.95. The molecule has 0 bridgehead atoms. The van der Waals surface area contributed by atoms with Crippen molar-refractivity contribution in [2.75, 3.05) is 0 Å². The zero-order valence-electron chi connectivity index (χ0n) is 13.3. The van der Waals surface area contributed by atoms with Crippen LogP contribution in [-0.2, 0) is 0 Å². The average molecular weight is 519 g/mol. The first-order chi connectivity index (χ1) is 12.6. The summed E-state index contributed by atoms with van der Waals surface area (Å²) in [7, 11) is 0. The molecular weight excluding hydrogens is 511 g/mol. The third-order valence-electron chi connectivity index (χ3n) is 3.71. The molecule has 0 aliphatic carbocycles. The SMILES string of the molecule is OC(CC(F)(F)C(F)(F)C(F)(F)C(F)(F)C(F)(F)C(F)(F)F)c1ccccc1Br. The lowest BCUT2D eigenvalue weighted by Crippen LogP contribution is -2.70. The lowest BCUT2D eigenvalue weighted by atomic mass is 9.90. The first-order valence-electron chi connectivity index (χ1n) is 7.03. The highest BCUT2D eigenvalue weighted by Gasteiger charge is 2.90. The fourth-order valence-corrected chi connectivity index (χ4v) is 2.58. The number of alkyl halides is 13. The van der Waals surface area contributed by atoms with Gasteiger partial charge >= 0.3 is 35.8 Å². The molecule has 168 valence electrons. The van der Waals surface area contributed by atoms with Crippen LogP contribution in [-0.4, -0.2) is 40.9 Å². The molecule has 1 atom stereocenters. The molecule has 1 rings (SSSR count). The van der Waals surface area contributed by atoms with Gasteiger partial charge in [-0.3, -0.25) is 0 Å². The van der Waals surface area contributed by atoms with E-state index in [0.717, 1.165) is 18.2 Å². The van der Waals surface area contributed by atoms with E-state index in [2.05, 4.69) is 15.9 Å². The van der Waals surface area contributed by atoms with E-state index in [-0.39, 0.29) is 4.47 Å². The Morgan fingerprint density at radius 1 is 0.690 bits per heavy atom. The predicted octanol–water partition coefficient (Wildman–Crippen LogP) is 6.61. The fourth-order valence-electron chi connectivity index (χ4n) is 2.03.